The van der Waals surface area contributed by atoms with Crippen molar-refractivity contribution in [2.45, 2.75) is 0 Å². The van der Waals surface area contributed by atoms with Gasteiger partial charge in [0.25, 0.3) is 0 Å². The predicted molar refractivity (Wildman–Crippen MR) is 67.4 cm³/mol. The molecule has 0 heterocycles. The Labute approximate surface area is 104 Å². The molecule has 0 atom stereocenters. The van der Waals surface area contributed by atoms with E-state index in [2.05, 4.69) is 0 Å². The quantitative estimate of drug-likeness (QED) is 0.807. The van der Waals surface area contributed by atoms with E-state index in [0.717, 1.165) is 0 Å². The van der Waals surface area contributed by atoms with Crippen molar-refractivity contribution in [3.63, 3.8) is 0 Å². The van der Waals surface area contributed by atoms with E-state index in [9.17, 15) is 0 Å². The van der Waals surface area contributed by atoms with Crippen LogP contribution in [0.4, 0.5) is 5.69 Å². The number of halogens is 2. The standard InChI is InChI=1S/C12H9Cl2NO/c13-8-4-5-12(11(14)6-8)16-10-3-1-2-9(15)7-10/h1-7H,15H2. The van der Waals surface area contributed by atoms with Crippen LogP contribution < -0.4 is 10.5 Å². The molecule has 2 aromatic rings. The molecule has 16 heavy (non-hydrogen) atoms. The molecule has 2 aromatic carbocycles. The topological polar surface area (TPSA) is 35.2 Å². The summed E-state index contributed by atoms with van der Waals surface area (Å²) in [6.07, 6.45) is 0. The van der Waals surface area contributed by atoms with Gasteiger partial charge >= 0.3 is 0 Å². The van der Waals surface area contributed by atoms with Gasteiger partial charge in [0.2, 0.25) is 0 Å². The van der Waals surface area contributed by atoms with Crippen LogP contribution in [0.15, 0.2) is 42.5 Å². The number of nitrogen functional groups attached to an aromatic ring is 1. The van der Waals surface area contributed by atoms with Gasteiger partial charge in [0.1, 0.15) is 11.5 Å². The van der Waals surface area contributed by atoms with E-state index in [1.165, 1.54) is 0 Å². The Morgan fingerprint density at radius 3 is 2.50 bits per heavy atom. The molecule has 4 heteroatoms. The maximum atomic E-state index is 5.98. The molecule has 2 N–H and O–H groups in total. The average Bonchev–Trinajstić information content (AvgIpc) is 2.22. The zero-order valence-corrected chi connectivity index (χ0v) is 9.79. The van der Waals surface area contributed by atoms with Crippen molar-refractivity contribution in [1.82, 2.24) is 0 Å². The number of hydrogen-bond donors (Lipinski definition) is 1. The van der Waals surface area contributed by atoms with E-state index < -0.39 is 0 Å². The lowest BCUT2D eigenvalue weighted by molar-refractivity contribution is 0.483. The third kappa shape index (κ3) is 2.60. The molecule has 82 valence electrons. The molecule has 0 aromatic heterocycles. The molecular weight excluding hydrogens is 245 g/mol. The van der Waals surface area contributed by atoms with Crippen LogP contribution in [0.1, 0.15) is 0 Å². The van der Waals surface area contributed by atoms with E-state index in [4.69, 9.17) is 33.7 Å². The van der Waals surface area contributed by atoms with Crippen LogP contribution in [0, 0.1) is 0 Å². The monoisotopic (exact) mass is 253 g/mol. The van der Waals surface area contributed by atoms with Gasteiger partial charge in [-0.2, -0.15) is 0 Å². The van der Waals surface area contributed by atoms with E-state index in [1.807, 2.05) is 6.07 Å². The van der Waals surface area contributed by atoms with Gasteiger partial charge in [-0.15, -0.1) is 0 Å². The molecule has 0 bridgehead atoms. The fraction of sp³-hybridized carbons (Fsp3) is 0. The number of anilines is 1. The highest BCUT2D eigenvalue weighted by atomic mass is 35.5. The molecule has 0 fully saturated rings. The van der Waals surface area contributed by atoms with Crippen molar-refractivity contribution < 1.29 is 4.74 Å². The second kappa shape index (κ2) is 4.64. The van der Waals surface area contributed by atoms with Crippen LogP contribution >= 0.6 is 23.2 Å². The van der Waals surface area contributed by atoms with Gasteiger partial charge in [-0.3, -0.25) is 0 Å². The van der Waals surface area contributed by atoms with E-state index in [1.54, 1.807) is 36.4 Å². The molecule has 0 unspecified atom stereocenters. The van der Waals surface area contributed by atoms with Gasteiger partial charge in [0, 0.05) is 16.8 Å². The summed E-state index contributed by atoms with van der Waals surface area (Å²) in [6, 6.07) is 12.2. The number of benzene rings is 2. The third-order valence-corrected chi connectivity index (χ3v) is 2.51. The summed E-state index contributed by atoms with van der Waals surface area (Å²) in [6.45, 7) is 0. The minimum absolute atomic E-state index is 0.468. The SMILES string of the molecule is Nc1cccc(Oc2ccc(Cl)cc2Cl)c1. The highest BCUT2D eigenvalue weighted by molar-refractivity contribution is 6.35. The smallest absolute Gasteiger partial charge is 0.146 e. The Morgan fingerprint density at radius 1 is 1.00 bits per heavy atom. The first-order valence-electron chi connectivity index (χ1n) is 4.63. The summed E-state index contributed by atoms with van der Waals surface area (Å²) >= 11 is 11.8. The second-order valence-corrected chi connectivity index (χ2v) is 4.09. The zero-order valence-electron chi connectivity index (χ0n) is 8.28. The minimum Gasteiger partial charge on any atom is -0.456 e. The molecule has 2 rings (SSSR count). The van der Waals surface area contributed by atoms with Crippen molar-refractivity contribution in [1.29, 1.82) is 0 Å². The molecule has 0 saturated carbocycles. The Hall–Kier alpha value is -1.38. The van der Waals surface area contributed by atoms with Crippen molar-refractivity contribution in [2.24, 2.45) is 0 Å². The van der Waals surface area contributed by atoms with Crippen molar-refractivity contribution in [3.8, 4) is 11.5 Å². The molecule has 0 aliphatic carbocycles. The second-order valence-electron chi connectivity index (χ2n) is 3.25. The fourth-order valence-electron chi connectivity index (χ4n) is 1.26. The first-order chi connectivity index (χ1) is 7.65. The van der Waals surface area contributed by atoms with Crippen LogP contribution in [-0.2, 0) is 0 Å². The van der Waals surface area contributed by atoms with Gasteiger partial charge < -0.3 is 10.5 Å². The number of rotatable bonds is 2. The summed E-state index contributed by atoms with van der Waals surface area (Å²) in [5.74, 6) is 1.20. The van der Waals surface area contributed by atoms with Crippen LogP contribution in [0.25, 0.3) is 0 Å². The van der Waals surface area contributed by atoms with Gasteiger partial charge in [-0.1, -0.05) is 29.3 Å². The van der Waals surface area contributed by atoms with Gasteiger partial charge in [-0.25, -0.2) is 0 Å². The minimum atomic E-state index is 0.468. The summed E-state index contributed by atoms with van der Waals surface area (Å²) < 4.78 is 5.57. The summed E-state index contributed by atoms with van der Waals surface area (Å²) in [5.41, 5.74) is 6.28. The van der Waals surface area contributed by atoms with Crippen molar-refractivity contribution in [2.75, 3.05) is 5.73 Å². The number of nitrogens with two attached hydrogens (primary N) is 1. The Bertz CT molecular complexity index is 514. The Balaban J connectivity index is 2.27. The average molecular weight is 254 g/mol. The van der Waals surface area contributed by atoms with Crippen LogP contribution in [0.5, 0.6) is 11.5 Å². The predicted octanol–water partition coefficient (Wildman–Crippen LogP) is 4.37. The lowest BCUT2D eigenvalue weighted by atomic mass is 10.3. The molecule has 0 saturated heterocycles. The Morgan fingerprint density at radius 2 is 1.81 bits per heavy atom. The summed E-state index contributed by atoms with van der Waals surface area (Å²) in [4.78, 5) is 0. The lowest BCUT2D eigenvalue weighted by Crippen LogP contribution is -1.88. The largest absolute Gasteiger partial charge is 0.456 e. The van der Waals surface area contributed by atoms with Crippen LogP contribution in [-0.4, -0.2) is 0 Å². The molecule has 2 nitrogen and oxygen atoms in total. The molecule has 0 aliphatic heterocycles. The van der Waals surface area contributed by atoms with Crippen LogP contribution in [0.3, 0.4) is 0 Å². The highest BCUT2D eigenvalue weighted by Gasteiger charge is 2.03. The molecule has 0 radical (unpaired) electrons. The highest BCUT2D eigenvalue weighted by Crippen LogP contribution is 2.31. The molecule has 0 amide bonds. The maximum Gasteiger partial charge on any atom is 0.146 e. The molecule has 0 spiro atoms. The molecular formula is C12H9Cl2NO. The molecule has 0 aliphatic rings. The summed E-state index contributed by atoms with van der Waals surface area (Å²) in [5, 5.41) is 1.04. The van der Waals surface area contributed by atoms with Crippen LogP contribution in [0.2, 0.25) is 10.0 Å². The lowest BCUT2D eigenvalue weighted by Gasteiger charge is -2.08. The zero-order chi connectivity index (χ0) is 11.5. The van der Waals surface area contributed by atoms with E-state index in [-0.39, 0.29) is 0 Å². The number of hydrogen-bond acceptors (Lipinski definition) is 2. The summed E-state index contributed by atoms with van der Waals surface area (Å²) in [7, 11) is 0. The maximum absolute atomic E-state index is 5.98. The van der Waals surface area contributed by atoms with Gasteiger partial charge in [0.15, 0.2) is 0 Å². The van der Waals surface area contributed by atoms with Gasteiger partial charge in [-0.05, 0) is 30.3 Å². The first kappa shape index (κ1) is 11.1. The normalized spacial score (nSPS) is 10.1. The van der Waals surface area contributed by atoms with E-state index in [0.29, 0.717) is 27.2 Å². The van der Waals surface area contributed by atoms with Crippen molar-refractivity contribution >= 4 is 28.9 Å². The van der Waals surface area contributed by atoms with Gasteiger partial charge in [0.05, 0.1) is 5.02 Å². The van der Waals surface area contributed by atoms with Crippen molar-refractivity contribution in [3.05, 3.63) is 52.5 Å². The number of ether oxygens (including phenoxy) is 1. The fourth-order valence-corrected chi connectivity index (χ4v) is 1.71. The van der Waals surface area contributed by atoms with E-state index >= 15 is 0 Å². The Kier molecular flexibility index (Phi) is 3.22. The first-order valence-corrected chi connectivity index (χ1v) is 5.39. The third-order valence-electron chi connectivity index (χ3n) is 1.98.